The largest absolute Gasteiger partial charge is 0.493 e. The number of benzene rings is 1. The molecule has 0 fully saturated rings. The molecule has 3 rings (SSSR count). The van der Waals surface area contributed by atoms with Gasteiger partial charge >= 0.3 is 6.03 Å². The van der Waals surface area contributed by atoms with Crippen LogP contribution < -0.4 is 20.1 Å². The number of hydrogen-bond acceptors (Lipinski definition) is 4. The molecule has 1 aromatic carbocycles. The van der Waals surface area contributed by atoms with Crippen molar-refractivity contribution < 1.29 is 14.3 Å². The number of nitrogens with zero attached hydrogens (tertiary/aromatic N) is 2. The number of carbonyl (C=O) groups is 1. The summed E-state index contributed by atoms with van der Waals surface area (Å²) in [4.78, 5) is 12.2. The standard InChI is InChI=1S/C20H28N4O3/c1-24-17-8-4-7-16(15(17)13-22-24)23-20(25)21-11-5-6-14-9-10-18(26-2)19(12-14)27-3/h9-10,12-13,16H,4-8,11H2,1-3H3,(H2,21,23,25)/t16-/m1/s1. The number of aryl methyl sites for hydroxylation is 2. The average molecular weight is 372 g/mol. The molecule has 1 aromatic heterocycles. The van der Waals surface area contributed by atoms with Gasteiger partial charge in [-0.3, -0.25) is 4.68 Å². The van der Waals surface area contributed by atoms with E-state index in [4.69, 9.17) is 9.47 Å². The Hall–Kier alpha value is -2.70. The maximum atomic E-state index is 12.2. The van der Waals surface area contributed by atoms with E-state index in [1.165, 1.54) is 5.69 Å². The third kappa shape index (κ3) is 4.53. The highest BCUT2D eigenvalue weighted by molar-refractivity contribution is 5.74. The maximum absolute atomic E-state index is 12.2. The lowest BCUT2D eigenvalue weighted by Crippen LogP contribution is -2.39. The third-order valence-electron chi connectivity index (χ3n) is 5.06. The van der Waals surface area contributed by atoms with Crippen molar-refractivity contribution in [2.45, 2.75) is 38.1 Å². The first-order valence-corrected chi connectivity index (χ1v) is 9.38. The SMILES string of the molecule is COc1ccc(CCCNC(=O)N[C@@H]2CCCc3c2cnn3C)cc1OC. The maximum Gasteiger partial charge on any atom is 0.315 e. The summed E-state index contributed by atoms with van der Waals surface area (Å²) in [6, 6.07) is 5.83. The van der Waals surface area contributed by atoms with Crippen molar-refractivity contribution in [3.8, 4) is 11.5 Å². The van der Waals surface area contributed by atoms with Gasteiger partial charge in [0.1, 0.15) is 0 Å². The fraction of sp³-hybridized carbons (Fsp3) is 0.500. The molecule has 0 unspecified atom stereocenters. The van der Waals surface area contributed by atoms with Crippen LogP contribution in [0, 0.1) is 0 Å². The van der Waals surface area contributed by atoms with Crippen molar-refractivity contribution in [1.82, 2.24) is 20.4 Å². The summed E-state index contributed by atoms with van der Waals surface area (Å²) in [6.07, 6.45) is 6.63. The normalized spacial score (nSPS) is 15.7. The molecule has 7 heteroatoms. The number of methoxy groups -OCH3 is 2. The molecule has 7 nitrogen and oxygen atoms in total. The van der Waals surface area contributed by atoms with Crippen LogP contribution in [0.25, 0.3) is 0 Å². The summed E-state index contributed by atoms with van der Waals surface area (Å²) in [7, 11) is 5.21. The Morgan fingerprint density at radius 3 is 2.89 bits per heavy atom. The highest BCUT2D eigenvalue weighted by Gasteiger charge is 2.24. The van der Waals surface area contributed by atoms with Crippen LogP contribution in [0.4, 0.5) is 4.79 Å². The number of hydrogen-bond donors (Lipinski definition) is 2. The van der Waals surface area contributed by atoms with E-state index in [9.17, 15) is 4.79 Å². The molecule has 0 saturated carbocycles. The van der Waals surface area contributed by atoms with Crippen molar-refractivity contribution >= 4 is 6.03 Å². The van der Waals surface area contributed by atoms with E-state index in [0.717, 1.165) is 54.7 Å². The molecule has 0 spiro atoms. The Morgan fingerprint density at radius 1 is 1.30 bits per heavy atom. The number of fused-ring (bicyclic) bond motifs is 1. The highest BCUT2D eigenvalue weighted by Crippen LogP contribution is 2.29. The Labute approximate surface area is 160 Å². The van der Waals surface area contributed by atoms with Gasteiger partial charge in [0.2, 0.25) is 0 Å². The van der Waals surface area contributed by atoms with Gasteiger partial charge in [0.15, 0.2) is 11.5 Å². The monoisotopic (exact) mass is 372 g/mol. The molecule has 27 heavy (non-hydrogen) atoms. The van der Waals surface area contributed by atoms with E-state index in [1.54, 1.807) is 14.2 Å². The first kappa shape index (κ1) is 19.1. The molecule has 1 aliphatic carbocycles. The zero-order valence-electron chi connectivity index (χ0n) is 16.2. The molecule has 0 aliphatic heterocycles. The fourth-order valence-electron chi connectivity index (χ4n) is 3.60. The predicted molar refractivity (Wildman–Crippen MR) is 103 cm³/mol. The second-order valence-corrected chi connectivity index (χ2v) is 6.81. The molecule has 1 aliphatic rings. The van der Waals surface area contributed by atoms with Crippen LogP contribution in [0.2, 0.25) is 0 Å². The number of aromatic nitrogens is 2. The Balaban J connectivity index is 1.44. The zero-order valence-corrected chi connectivity index (χ0v) is 16.2. The lowest BCUT2D eigenvalue weighted by atomic mass is 9.93. The minimum absolute atomic E-state index is 0.0494. The van der Waals surface area contributed by atoms with E-state index < -0.39 is 0 Å². The van der Waals surface area contributed by atoms with Gasteiger partial charge in [0.05, 0.1) is 26.5 Å². The second-order valence-electron chi connectivity index (χ2n) is 6.81. The topological polar surface area (TPSA) is 77.4 Å². The van der Waals surface area contributed by atoms with Gasteiger partial charge in [-0.15, -0.1) is 0 Å². The molecule has 1 heterocycles. The van der Waals surface area contributed by atoms with Gasteiger partial charge in [-0.1, -0.05) is 6.07 Å². The van der Waals surface area contributed by atoms with Crippen molar-refractivity contribution in [1.29, 1.82) is 0 Å². The summed E-state index contributed by atoms with van der Waals surface area (Å²) in [5, 5.41) is 10.4. The summed E-state index contributed by atoms with van der Waals surface area (Å²) >= 11 is 0. The van der Waals surface area contributed by atoms with E-state index in [1.807, 2.05) is 36.1 Å². The van der Waals surface area contributed by atoms with Crippen LogP contribution in [0.5, 0.6) is 11.5 Å². The first-order chi connectivity index (χ1) is 13.1. The van der Waals surface area contributed by atoms with Gasteiger partial charge in [-0.2, -0.15) is 5.10 Å². The Morgan fingerprint density at radius 2 is 2.11 bits per heavy atom. The van der Waals surface area contributed by atoms with Gasteiger partial charge in [0.25, 0.3) is 0 Å². The minimum atomic E-state index is -0.121. The molecule has 0 bridgehead atoms. The van der Waals surface area contributed by atoms with Gasteiger partial charge in [-0.05, 0) is 49.8 Å². The molecule has 2 amide bonds. The molecule has 1 atom stereocenters. The van der Waals surface area contributed by atoms with E-state index in [2.05, 4.69) is 15.7 Å². The van der Waals surface area contributed by atoms with Crippen LogP contribution in [0.15, 0.2) is 24.4 Å². The Kier molecular flexibility index (Phi) is 6.21. The summed E-state index contributed by atoms with van der Waals surface area (Å²) in [5.74, 6) is 1.45. The van der Waals surface area contributed by atoms with Crippen LogP contribution in [0.1, 0.15) is 42.1 Å². The number of amides is 2. The average Bonchev–Trinajstić information content (AvgIpc) is 3.07. The first-order valence-electron chi connectivity index (χ1n) is 9.38. The highest BCUT2D eigenvalue weighted by atomic mass is 16.5. The second kappa shape index (κ2) is 8.79. The van der Waals surface area contributed by atoms with Gasteiger partial charge in [0, 0.05) is 24.8 Å². The number of carbonyl (C=O) groups excluding carboxylic acids is 1. The van der Waals surface area contributed by atoms with E-state index in [-0.39, 0.29) is 12.1 Å². The molecule has 2 aromatic rings. The van der Waals surface area contributed by atoms with E-state index in [0.29, 0.717) is 6.54 Å². The number of ether oxygens (including phenoxy) is 2. The van der Waals surface area contributed by atoms with E-state index >= 15 is 0 Å². The molecule has 0 saturated heterocycles. The molecule has 0 radical (unpaired) electrons. The molecular formula is C20H28N4O3. The fourth-order valence-corrected chi connectivity index (χ4v) is 3.60. The predicted octanol–water partition coefficient (Wildman–Crippen LogP) is 2.75. The van der Waals surface area contributed by atoms with Crippen LogP contribution in [-0.4, -0.2) is 36.6 Å². The smallest absolute Gasteiger partial charge is 0.315 e. The lowest BCUT2D eigenvalue weighted by molar-refractivity contribution is 0.235. The van der Waals surface area contributed by atoms with Crippen LogP contribution >= 0.6 is 0 Å². The zero-order chi connectivity index (χ0) is 19.2. The number of nitrogens with one attached hydrogen (secondary N) is 2. The molecular weight excluding hydrogens is 344 g/mol. The number of rotatable bonds is 7. The third-order valence-corrected chi connectivity index (χ3v) is 5.06. The van der Waals surface area contributed by atoms with Crippen molar-refractivity contribution in [2.75, 3.05) is 20.8 Å². The molecule has 146 valence electrons. The molecule has 2 N–H and O–H groups in total. The van der Waals surface area contributed by atoms with Crippen molar-refractivity contribution in [3.63, 3.8) is 0 Å². The summed E-state index contributed by atoms with van der Waals surface area (Å²) in [6.45, 7) is 0.618. The minimum Gasteiger partial charge on any atom is -0.493 e. The van der Waals surface area contributed by atoms with Crippen molar-refractivity contribution in [2.24, 2.45) is 7.05 Å². The van der Waals surface area contributed by atoms with Gasteiger partial charge in [-0.25, -0.2) is 4.79 Å². The van der Waals surface area contributed by atoms with Crippen LogP contribution in [0.3, 0.4) is 0 Å². The lowest BCUT2D eigenvalue weighted by Gasteiger charge is -2.24. The van der Waals surface area contributed by atoms with Crippen LogP contribution in [-0.2, 0) is 19.9 Å². The number of urea groups is 1. The quantitative estimate of drug-likeness (QED) is 0.733. The summed E-state index contributed by atoms with van der Waals surface area (Å²) < 4.78 is 12.5. The van der Waals surface area contributed by atoms with Gasteiger partial charge < -0.3 is 20.1 Å². The summed E-state index contributed by atoms with van der Waals surface area (Å²) in [5.41, 5.74) is 3.52. The Bertz CT molecular complexity index is 788. The van der Waals surface area contributed by atoms with Crippen molar-refractivity contribution in [3.05, 3.63) is 41.2 Å².